The first-order valence-corrected chi connectivity index (χ1v) is 9.01. The lowest BCUT2D eigenvalue weighted by Gasteiger charge is -2.38. The standard InChI is InChI=1S/C13H27N3O3S/c1-3-14-9-13-5-4-6-15(11-13)20(17,18)16-7-8-19-12(2)10-16/h12-14H,3-11H2,1-2H3. The SMILES string of the molecule is CCNCC1CCCN(S(=O)(=O)N2CCOC(C)C2)C1. The Kier molecular flexibility index (Phi) is 5.80. The number of morpholine rings is 1. The quantitative estimate of drug-likeness (QED) is 0.792. The summed E-state index contributed by atoms with van der Waals surface area (Å²) in [7, 11) is -3.32. The molecule has 20 heavy (non-hydrogen) atoms. The molecule has 0 spiro atoms. The van der Waals surface area contributed by atoms with Gasteiger partial charge >= 0.3 is 0 Å². The molecule has 0 aromatic rings. The van der Waals surface area contributed by atoms with E-state index in [4.69, 9.17) is 4.74 Å². The van der Waals surface area contributed by atoms with Crippen molar-refractivity contribution in [2.24, 2.45) is 5.92 Å². The lowest BCUT2D eigenvalue weighted by molar-refractivity contribution is 0.00779. The van der Waals surface area contributed by atoms with Crippen molar-refractivity contribution in [2.75, 3.05) is 45.9 Å². The van der Waals surface area contributed by atoms with Crippen LogP contribution in [0, 0.1) is 5.92 Å². The zero-order valence-electron chi connectivity index (χ0n) is 12.5. The smallest absolute Gasteiger partial charge is 0.282 e. The predicted octanol–water partition coefficient (Wildman–Crippen LogP) is 0.273. The summed E-state index contributed by atoms with van der Waals surface area (Å²) in [5, 5.41) is 3.32. The third-order valence-corrected chi connectivity index (χ3v) is 5.99. The van der Waals surface area contributed by atoms with Crippen LogP contribution in [0.3, 0.4) is 0 Å². The Bertz CT molecular complexity index is 402. The fourth-order valence-corrected chi connectivity index (χ4v) is 4.70. The summed E-state index contributed by atoms with van der Waals surface area (Å²) < 4.78 is 34.0. The third-order valence-electron chi connectivity index (χ3n) is 4.02. The molecule has 0 aromatic carbocycles. The molecule has 2 fully saturated rings. The molecule has 2 aliphatic rings. The first-order valence-electron chi connectivity index (χ1n) is 7.61. The minimum Gasteiger partial charge on any atom is -0.376 e. The summed E-state index contributed by atoms with van der Waals surface area (Å²) in [4.78, 5) is 0. The molecule has 0 saturated carbocycles. The van der Waals surface area contributed by atoms with Gasteiger partial charge in [0, 0.05) is 26.2 Å². The molecule has 2 aliphatic heterocycles. The molecule has 0 aromatic heterocycles. The number of hydrogen-bond acceptors (Lipinski definition) is 4. The molecular weight excluding hydrogens is 278 g/mol. The van der Waals surface area contributed by atoms with Crippen molar-refractivity contribution in [3.63, 3.8) is 0 Å². The Hall–Kier alpha value is -0.210. The lowest BCUT2D eigenvalue weighted by atomic mass is 10.00. The minimum atomic E-state index is -3.32. The summed E-state index contributed by atoms with van der Waals surface area (Å²) in [6.45, 7) is 8.56. The zero-order valence-corrected chi connectivity index (χ0v) is 13.4. The van der Waals surface area contributed by atoms with Gasteiger partial charge in [-0.2, -0.15) is 17.0 Å². The maximum atomic E-state index is 12.7. The van der Waals surface area contributed by atoms with Gasteiger partial charge in [0.25, 0.3) is 10.2 Å². The summed E-state index contributed by atoms with van der Waals surface area (Å²) in [5.41, 5.74) is 0. The maximum Gasteiger partial charge on any atom is 0.282 e. The van der Waals surface area contributed by atoms with Crippen LogP contribution in [0.25, 0.3) is 0 Å². The van der Waals surface area contributed by atoms with E-state index in [1.807, 2.05) is 6.92 Å². The van der Waals surface area contributed by atoms with Gasteiger partial charge in [0.1, 0.15) is 0 Å². The Morgan fingerprint density at radius 1 is 1.25 bits per heavy atom. The third kappa shape index (κ3) is 3.92. The molecule has 118 valence electrons. The van der Waals surface area contributed by atoms with Crippen molar-refractivity contribution >= 4 is 10.2 Å². The molecule has 6 nitrogen and oxygen atoms in total. The zero-order chi connectivity index (χ0) is 14.6. The van der Waals surface area contributed by atoms with Gasteiger partial charge in [-0.1, -0.05) is 6.92 Å². The highest BCUT2D eigenvalue weighted by Gasteiger charge is 2.35. The van der Waals surface area contributed by atoms with E-state index in [-0.39, 0.29) is 6.10 Å². The van der Waals surface area contributed by atoms with E-state index < -0.39 is 10.2 Å². The van der Waals surface area contributed by atoms with Gasteiger partial charge in [-0.25, -0.2) is 0 Å². The van der Waals surface area contributed by atoms with E-state index in [1.54, 1.807) is 8.61 Å². The topological polar surface area (TPSA) is 61.9 Å². The van der Waals surface area contributed by atoms with Crippen LogP contribution in [0.1, 0.15) is 26.7 Å². The van der Waals surface area contributed by atoms with Gasteiger partial charge in [-0.15, -0.1) is 0 Å². The summed E-state index contributed by atoms with van der Waals surface area (Å²) >= 11 is 0. The van der Waals surface area contributed by atoms with Gasteiger partial charge in [-0.05, 0) is 38.8 Å². The van der Waals surface area contributed by atoms with E-state index in [0.717, 1.165) is 25.9 Å². The van der Waals surface area contributed by atoms with Crippen molar-refractivity contribution in [3.8, 4) is 0 Å². The fraction of sp³-hybridized carbons (Fsp3) is 1.00. The first-order chi connectivity index (χ1) is 9.54. The average Bonchev–Trinajstić information content (AvgIpc) is 2.45. The molecule has 2 unspecified atom stereocenters. The van der Waals surface area contributed by atoms with Gasteiger partial charge in [0.05, 0.1) is 12.7 Å². The van der Waals surface area contributed by atoms with Crippen LogP contribution in [-0.4, -0.2) is 69.0 Å². The molecule has 0 amide bonds. The Balaban J connectivity index is 1.97. The van der Waals surface area contributed by atoms with Gasteiger partial charge in [0.2, 0.25) is 0 Å². The second-order valence-corrected chi connectivity index (χ2v) is 7.65. The molecule has 2 heterocycles. The van der Waals surface area contributed by atoms with Gasteiger partial charge in [0.15, 0.2) is 0 Å². The van der Waals surface area contributed by atoms with Crippen LogP contribution in [0.5, 0.6) is 0 Å². The first kappa shape index (κ1) is 16.2. The molecule has 1 N–H and O–H groups in total. The number of nitrogens with zero attached hydrogens (tertiary/aromatic N) is 2. The highest BCUT2D eigenvalue weighted by Crippen LogP contribution is 2.22. The molecule has 2 saturated heterocycles. The molecule has 0 aliphatic carbocycles. The molecule has 7 heteroatoms. The van der Waals surface area contributed by atoms with E-state index >= 15 is 0 Å². The number of rotatable bonds is 5. The molecule has 0 bridgehead atoms. The molecular formula is C13H27N3O3S. The van der Waals surface area contributed by atoms with Crippen LogP contribution < -0.4 is 5.32 Å². The summed E-state index contributed by atoms with van der Waals surface area (Å²) in [6, 6.07) is 0. The maximum absolute atomic E-state index is 12.7. The van der Waals surface area contributed by atoms with E-state index in [2.05, 4.69) is 12.2 Å². The van der Waals surface area contributed by atoms with Crippen molar-refractivity contribution in [2.45, 2.75) is 32.8 Å². The average molecular weight is 305 g/mol. The molecule has 0 radical (unpaired) electrons. The van der Waals surface area contributed by atoms with Gasteiger partial charge in [-0.3, -0.25) is 0 Å². The largest absolute Gasteiger partial charge is 0.376 e. The number of hydrogen-bond donors (Lipinski definition) is 1. The highest BCUT2D eigenvalue weighted by atomic mass is 32.2. The molecule has 2 rings (SSSR count). The van der Waals surface area contributed by atoms with Crippen LogP contribution in [0.2, 0.25) is 0 Å². The number of piperidine rings is 1. The monoisotopic (exact) mass is 305 g/mol. The van der Waals surface area contributed by atoms with Gasteiger partial charge < -0.3 is 10.1 Å². The second-order valence-electron chi connectivity index (χ2n) is 5.72. The van der Waals surface area contributed by atoms with Crippen molar-refractivity contribution in [3.05, 3.63) is 0 Å². The number of nitrogens with one attached hydrogen (secondary N) is 1. The minimum absolute atomic E-state index is 0.0131. The second kappa shape index (κ2) is 7.17. The summed E-state index contributed by atoms with van der Waals surface area (Å²) in [6.07, 6.45) is 2.05. The van der Waals surface area contributed by atoms with Crippen molar-refractivity contribution in [1.82, 2.24) is 13.9 Å². The fourth-order valence-electron chi connectivity index (χ4n) is 2.91. The van der Waals surface area contributed by atoms with Crippen molar-refractivity contribution in [1.29, 1.82) is 0 Å². The van der Waals surface area contributed by atoms with E-state index in [9.17, 15) is 8.42 Å². The highest BCUT2D eigenvalue weighted by molar-refractivity contribution is 7.86. The van der Waals surface area contributed by atoms with Crippen LogP contribution in [0.4, 0.5) is 0 Å². The Morgan fingerprint density at radius 3 is 2.70 bits per heavy atom. The predicted molar refractivity (Wildman–Crippen MR) is 78.7 cm³/mol. The van der Waals surface area contributed by atoms with Crippen LogP contribution in [0.15, 0.2) is 0 Å². The lowest BCUT2D eigenvalue weighted by Crippen LogP contribution is -2.53. The normalized spacial score (nSPS) is 30.5. The Morgan fingerprint density at radius 2 is 2.00 bits per heavy atom. The summed E-state index contributed by atoms with van der Waals surface area (Å²) in [5.74, 6) is 0.428. The Labute approximate surface area is 122 Å². The van der Waals surface area contributed by atoms with E-state index in [1.165, 1.54) is 0 Å². The molecule has 2 atom stereocenters. The van der Waals surface area contributed by atoms with E-state index in [0.29, 0.717) is 38.7 Å². The van der Waals surface area contributed by atoms with Crippen LogP contribution in [-0.2, 0) is 14.9 Å². The number of ether oxygens (including phenoxy) is 1. The van der Waals surface area contributed by atoms with Crippen molar-refractivity contribution < 1.29 is 13.2 Å². The van der Waals surface area contributed by atoms with Crippen LogP contribution >= 0.6 is 0 Å².